The van der Waals surface area contributed by atoms with Crippen molar-refractivity contribution in [1.29, 1.82) is 0 Å². The fourth-order valence-corrected chi connectivity index (χ4v) is 3.52. The molecular weight excluding hydrogens is 349 g/mol. The Labute approximate surface area is 154 Å². The minimum absolute atomic E-state index is 0.0599. The van der Waals surface area contributed by atoms with Crippen LogP contribution in [0.2, 0.25) is 0 Å². The number of benzene rings is 2. The van der Waals surface area contributed by atoms with Crippen LogP contribution in [0.1, 0.15) is 21.7 Å². The third kappa shape index (κ3) is 2.71. The topological polar surface area (TPSA) is 56.6 Å². The van der Waals surface area contributed by atoms with Gasteiger partial charge < -0.3 is 18.9 Å². The minimum Gasteiger partial charge on any atom is -0.454 e. The molecule has 3 heterocycles. The highest BCUT2D eigenvalue weighted by atomic mass is 19.1. The number of imidazole rings is 1. The van der Waals surface area contributed by atoms with Crippen molar-refractivity contribution in [3.63, 3.8) is 0 Å². The number of fused-ring (bicyclic) bond motifs is 2. The van der Waals surface area contributed by atoms with E-state index < -0.39 is 0 Å². The first-order valence-electron chi connectivity index (χ1n) is 8.69. The van der Waals surface area contributed by atoms with E-state index in [9.17, 15) is 9.18 Å². The second-order valence-electron chi connectivity index (χ2n) is 6.53. The lowest BCUT2D eigenvalue weighted by molar-refractivity contribution is 0.0731. The molecule has 1 aromatic heterocycles. The highest BCUT2D eigenvalue weighted by molar-refractivity contribution is 5.95. The van der Waals surface area contributed by atoms with E-state index in [4.69, 9.17) is 9.47 Å². The third-order valence-electron chi connectivity index (χ3n) is 4.92. The van der Waals surface area contributed by atoms with Crippen LogP contribution in [0, 0.1) is 5.82 Å². The molecule has 1 amide bonds. The third-order valence-corrected chi connectivity index (χ3v) is 4.92. The van der Waals surface area contributed by atoms with Gasteiger partial charge in [-0.15, -0.1) is 0 Å². The Morgan fingerprint density at radius 3 is 2.74 bits per heavy atom. The Hall–Kier alpha value is -3.35. The van der Waals surface area contributed by atoms with E-state index in [1.807, 2.05) is 4.57 Å². The van der Waals surface area contributed by atoms with E-state index in [-0.39, 0.29) is 18.5 Å². The number of hydrogen-bond acceptors (Lipinski definition) is 4. The van der Waals surface area contributed by atoms with Crippen molar-refractivity contribution in [2.24, 2.45) is 0 Å². The smallest absolute Gasteiger partial charge is 0.254 e. The van der Waals surface area contributed by atoms with Gasteiger partial charge in [-0.25, -0.2) is 9.37 Å². The normalized spacial score (nSPS) is 14.9. The number of carbonyl (C=O) groups excluding carboxylic acids is 1. The summed E-state index contributed by atoms with van der Waals surface area (Å²) in [6.45, 7) is 1.21. The molecule has 2 aliphatic heterocycles. The van der Waals surface area contributed by atoms with Crippen molar-refractivity contribution >= 4 is 5.91 Å². The van der Waals surface area contributed by atoms with E-state index in [1.54, 1.807) is 41.6 Å². The number of nitrogens with zero attached hydrogens (tertiary/aromatic N) is 3. The van der Waals surface area contributed by atoms with Gasteiger partial charge in [0.15, 0.2) is 11.5 Å². The zero-order valence-corrected chi connectivity index (χ0v) is 14.4. The molecule has 27 heavy (non-hydrogen) atoms. The van der Waals surface area contributed by atoms with E-state index in [2.05, 4.69) is 4.98 Å². The average Bonchev–Trinajstić information content (AvgIpc) is 3.33. The lowest BCUT2D eigenvalue weighted by Gasteiger charge is -2.27. The molecule has 0 radical (unpaired) electrons. The van der Waals surface area contributed by atoms with Crippen LogP contribution in [0.5, 0.6) is 11.5 Å². The molecule has 0 bridgehead atoms. The van der Waals surface area contributed by atoms with Gasteiger partial charge in [0.25, 0.3) is 5.91 Å². The van der Waals surface area contributed by atoms with Crippen LogP contribution in [0.15, 0.2) is 48.8 Å². The summed E-state index contributed by atoms with van der Waals surface area (Å²) in [6.07, 6.45) is 2.41. The van der Waals surface area contributed by atoms with Gasteiger partial charge >= 0.3 is 0 Å². The highest BCUT2D eigenvalue weighted by Gasteiger charge is 2.26. The summed E-state index contributed by atoms with van der Waals surface area (Å²) >= 11 is 0. The standard InChI is InChI=1S/C20H16FN3O3/c21-14-2-4-15(5-3-14)24-11-22-16-10-23(8-7-17(16)24)20(25)13-1-6-18-19(9-13)27-12-26-18/h1-6,9,11H,7-8,10,12H2. The highest BCUT2D eigenvalue weighted by Crippen LogP contribution is 2.33. The molecule has 0 unspecified atom stereocenters. The van der Waals surface area contributed by atoms with Crippen LogP contribution in [-0.2, 0) is 13.0 Å². The number of aromatic nitrogens is 2. The van der Waals surface area contributed by atoms with Crippen molar-refractivity contribution in [2.45, 2.75) is 13.0 Å². The Balaban J connectivity index is 1.38. The number of carbonyl (C=O) groups is 1. The molecular formula is C20H16FN3O3. The second-order valence-corrected chi connectivity index (χ2v) is 6.53. The molecule has 2 aliphatic rings. The molecule has 6 nitrogen and oxygen atoms in total. The second kappa shape index (κ2) is 6.12. The van der Waals surface area contributed by atoms with E-state index in [1.165, 1.54) is 12.1 Å². The number of amides is 1. The quantitative estimate of drug-likeness (QED) is 0.701. The van der Waals surface area contributed by atoms with Gasteiger partial charge in [-0.1, -0.05) is 0 Å². The molecule has 5 rings (SSSR count). The monoisotopic (exact) mass is 365 g/mol. The molecule has 7 heteroatoms. The Bertz CT molecular complexity index is 1030. The molecule has 2 aromatic carbocycles. The molecule has 0 saturated carbocycles. The molecule has 0 N–H and O–H groups in total. The first-order chi connectivity index (χ1) is 13.2. The summed E-state index contributed by atoms with van der Waals surface area (Å²) in [6, 6.07) is 11.5. The van der Waals surface area contributed by atoms with Crippen LogP contribution in [0.4, 0.5) is 4.39 Å². The van der Waals surface area contributed by atoms with E-state index in [0.29, 0.717) is 36.6 Å². The zero-order chi connectivity index (χ0) is 18.4. The summed E-state index contributed by atoms with van der Waals surface area (Å²) in [5, 5.41) is 0. The fourth-order valence-electron chi connectivity index (χ4n) is 3.52. The Morgan fingerprint density at radius 2 is 1.89 bits per heavy atom. The maximum Gasteiger partial charge on any atom is 0.254 e. The molecule has 0 aliphatic carbocycles. The van der Waals surface area contributed by atoms with Gasteiger partial charge in [0.05, 0.1) is 18.6 Å². The van der Waals surface area contributed by atoms with Crippen molar-refractivity contribution in [1.82, 2.24) is 14.5 Å². The van der Waals surface area contributed by atoms with Gasteiger partial charge in [0.2, 0.25) is 6.79 Å². The van der Waals surface area contributed by atoms with Gasteiger partial charge in [0, 0.05) is 29.9 Å². The molecule has 0 fully saturated rings. The molecule has 0 spiro atoms. The van der Waals surface area contributed by atoms with Gasteiger partial charge in [0.1, 0.15) is 5.82 Å². The molecule has 3 aromatic rings. The summed E-state index contributed by atoms with van der Waals surface area (Å²) in [5.74, 6) is 0.924. The van der Waals surface area contributed by atoms with Gasteiger partial charge in [-0.2, -0.15) is 0 Å². The number of hydrogen-bond donors (Lipinski definition) is 0. The van der Waals surface area contributed by atoms with Crippen LogP contribution in [0.25, 0.3) is 5.69 Å². The van der Waals surface area contributed by atoms with Crippen LogP contribution >= 0.6 is 0 Å². The average molecular weight is 365 g/mol. The lowest BCUT2D eigenvalue weighted by Crippen LogP contribution is -2.36. The SMILES string of the molecule is O=C(c1ccc2c(c1)OCO2)N1CCc2c(ncn2-c2ccc(F)cc2)C1. The number of halogens is 1. The van der Waals surface area contributed by atoms with Gasteiger partial charge in [-0.05, 0) is 42.5 Å². The summed E-state index contributed by atoms with van der Waals surface area (Å²) in [5.41, 5.74) is 3.34. The van der Waals surface area contributed by atoms with E-state index in [0.717, 1.165) is 17.1 Å². The summed E-state index contributed by atoms with van der Waals surface area (Å²) in [7, 11) is 0. The summed E-state index contributed by atoms with van der Waals surface area (Å²) in [4.78, 5) is 19.1. The predicted octanol–water partition coefficient (Wildman–Crippen LogP) is 2.94. The fraction of sp³-hybridized carbons (Fsp3) is 0.200. The Morgan fingerprint density at radius 1 is 1.07 bits per heavy atom. The zero-order valence-electron chi connectivity index (χ0n) is 14.4. The first kappa shape index (κ1) is 15.9. The minimum atomic E-state index is -0.270. The number of rotatable bonds is 2. The van der Waals surface area contributed by atoms with E-state index >= 15 is 0 Å². The Kier molecular flexibility index (Phi) is 3.60. The summed E-state index contributed by atoms with van der Waals surface area (Å²) < 4.78 is 25.8. The van der Waals surface area contributed by atoms with Crippen molar-refractivity contribution in [3.05, 3.63) is 71.6 Å². The predicted molar refractivity (Wildman–Crippen MR) is 94.5 cm³/mol. The first-order valence-corrected chi connectivity index (χ1v) is 8.69. The largest absolute Gasteiger partial charge is 0.454 e. The number of ether oxygens (including phenoxy) is 2. The maximum atomic E-state index is 13.2. The van der Waals surface area contributed by atoms with Crippen molar-refractivity contribution < 1.29 is 18.7 Å². The lowest BCUT2D eigenvalue weighted by atomic mass is 10.1. The molecule has 0 saturated heterocycles. The van der Waals surface area contributed by atoms with Gasteiger partial charge in [-0.3, -0.25) is 4.79 Å². The van der Waals surface area contributed by atoms with Crippen LogP contribution in [0.3, 0.4) is 0 Å². The molecule has 136 valence electrons. The van der Waals surface area contributed by atoms with Crippen LogP contribution in [-0.4, -0.2) is 33.7 Å². The maximum absolute atomic E-state index is 13.2. The van der Waals surface area contributed by atoms with Crippen LogP contribution < -0.4 is 9.47 Å². The van der Waals surface area contributed by atoms with Crippen molar-refractivity contribution in [3.8, 4) is 17.2 Å². The van der Waals surface area contributed by atoms with Crippen molar-refractivity contribution in [2.75, 3.05) is 13.3 Å². The molecule has 0 atom stereocenters.